The molecule has 2 aromatic rings. The van der Waals surface area contributed by atoms with Gasteiger partial charge in [-0.3, -0.25) is 9.59 Å². The fourth-order valence-electron chi connectivity index (χ4n) is 4.53. The monoisotopic (exact) mass is 454 g/mol. The Kier molecular flexibility index (Phi) is 7.81. The number of likely N-dealkylation sites (tertiary alicyclic amines) is 2. The van der Waals surface area contributed by atoms with Crippen molar-refractivity contribution in [2.45, 2.75) is 38.2 Å². The molecule has 33 heavy (non-hydrogen) atoms. The Morgan fingerprint density at radius 2 is 1.58 bits per heavy atom. The molecule has 2 saturated heterocycles. The summed E-state index contributed by atoms with van der Waals surface area (Å²) in [6.07, 6.45) is 4.14. The molecule has 0 spiro atoms. The number of rotatable bonds is 7. The Morgan fingerprint density at radius 3 is 2.30 bits per heavy atom. The van der Waals surface area contributed by atoms with Gasteiger partial charge in [0.05, 0.1) is 0 Å². The molecule has 0 aromatic heterocycles. The zero-order valence-corrected chi connectivity index (χ0v) is 18.8. The topological polar surface area (TPSA) is 59.1 Å². The fourth-order valence-corrected chi connectivity index (χ4v) is 4.53. The van der Waals surface area contributed by atoms with E-state index >= 15 is 0 Å². The lowest BCUT2D eigenvalue weighted by Crippen LogP contribution is -2.50. The first-order valence-corrected chi connectivity index (χ1v) is 11.7. The number of carbonyl (C=O) groups excluding carboxylic acids is 2. The summed E-state index contributed by atoms with van der Waals surface area (Å²) in [6, 6.07) is 15.2. The molecule has 2 amide bonds. The maximum atomic E-state index is 13.1. The number of hydrogen-bond donors (Lipinski definition) is 0. The molecule has 6 nitrogen and oxygen atoms in total. The maximum Gasteiger partial charge on any atom is 0.260 e. The second-order valence-corrected chi connectivity index (χ2v) is 8.75. The van der Waals surface area contributed by atoms with Crippen LogP contribution in [0.4, 0.5) is 4.39 Å². The van der Waals surface area contributed by atoms with Crippen LogP contribution in [0.25, 0.3) is 0 Å². The van der Waals surface area contributed by atoms with Gasteiger partial charge in [-0.2, -0.15) is 0 Å². The number of nitrogens with zero attached hydrogens (tertiary/aromatic N) is 2. The lowest BCUT2D eigenvalue weighted by molar-refractivity contribution is -0.140. The van der Waals surface area contributed by atoms with E-state index in [0.29, 0.717) is 31.7 Å². The van der Waals surface area contributed by atoms with Crippen LogP contribution in [0.15, 0.2) is 54.6 Å². The molecule has 0 radical (unpaired) electrons. The number of ether oxygens (including phenoxy) is 2. The van der Waals surface area contributed by atoms with Crippen molar-refractivity contribution in [3.63, 3.8) is 0 Å². The zero-order valence-electron chi connectivity index (χ0n) is 18.8. The van der Waals surface area contributed by atoms with Crippen molar-refractivity contribution >= 4 is 11.8 Å². The van der Waals surface area contributed by atoms with Gasteiger partial charge in [-0.1, -0.05) is 18.2 Å². The number of para-hydroxylation sites is 1. The molecule has 7 heteroatoms. The highest BCUT2D eigenvalue weighted by Crippen LogP contribution is 2.27. The third-order valence-corrected chi connectivity index (χ3v) is 6.37. The molecule has 4 rings (SSSR count). The van der Waals surface area contributed by atoms with E-state index in [0.717, 1.165) is 31.7 Å². The summed E-state index contributed by atoms with van der Waals surface area (Å²) >= 11 is 0. The van der Waals surface area contributed by atoms with Crippen LogP contribution in [0.1, 0.15) is 32.1 Å². The smallest absolute Gasteiger partial charge is 0.260 e. The van der Waals surface area contributed by atoms with Crippen molar-refractivity contribution in [3.05, 3.63) is 60.4 Å². The van der Waals surface area contributed by atoms with Crippen LogP contribution in [-0.4, -0.2) is 60.5 Å². The van der Waals surface area contributed by atoms with Gasteiger partial charge in [-0.15, -0.1) is 0 Å². The molecule has 2 fully saturated rings. The highest BCUT2D eigenvalue weighted by atomic mass is 19.1. The zero-order chi connectivity index (χ0) is 23.0. The highest BCUT2D eigenvalue weighted by molar-refractivity contribution is 5.79. The van der Waals surface area contributed by atoms with E-state index in [1.165, 1.54) is 30.7 Å². The van der Waals surface area contributed by atoms with Crippen molar-refractivity contribution < 1.29 is 23.5 Å². The van der Waals surface area contributed by atoms with Gasteiger partial charge in [0.2, 0.25) is 5.91 Å². The summed E-state index contributed by atoms with van der Waals surface area (Å²) in [5.74, 6) is 0.769. The molecule has 2 aromatic carbocycles. The highest BCUT2D eigenvalue weighted by Gasteiger charge is 2.35. The summed E-state index contributed by atoms with van der Waals surface area (Å²) in [7, 11) is 0. The summed E-state index contributed by atoms with van der Waals surface area (Å²) in [6.45, 7) is 2.48. The Hall–Kier alpha value is -3.09. The van der Waals surface area contributed by atoms with Gasteiger partial charge in [0.15, 0.2) is 6.61 Å². The van der Waals surface area contributed by atoms with E-state index in [-0.39, 0.29) is 36.3 Å². The van der Waals surface area contributed by atoms with Crippen molar-refractivity contribution in [1.29, 1.82) is 0 Å². The first-order valence-electron chi connectivity index (χ1n) is 11.7. The Morgan fingerprint density at radius 1 is 0.848 bits per heavy atom. The van der Waals surface area contributed by atoms with Crippen molar-refractivity contribution in [2.75, 3.05) is 32.8 Å². The third kappa shape index (κ3) is 6.46. The Labute approximate surface area is 194 Å². The largest absolute Gasteiger partial charge is 0.490 e. The normalized spacial score (nSPS) is 20.9. The van der Waals surface area contributed by atoms with Gasteiger partial charge in [0.25, 0.3) is 5.91 Å². The number of halogens is 1. The minimum absolute atomic E-state index is 0.0943. The summed E-state index contributed by atoms with van der Waals surface area (Å²) in [4.78, 5) is 29.5. The molecule has 2 heterocycles. The van der Waals surface area contributed by atoms with Crippen LogP contribution in [-0.2, 0) is 9.59 Å². The lowest BCUT2D eigenvalue weighted by atomic mass is 9.90. The number of amides is 2. The standard InChI is InChI=1S/C26H31FN2O4/c27-21-9-11-22(12-10-21)32-19-26(31)29-16-13-24(33-23-7-3-1-4-8-23)20(18-29)17-25(30)28-14-5-2-6-15-28/h1,3-4,7-12,20,24H,2,5-6,13-19H2/t20-,24-/m0/s1. The number of benzene rings is 2. The molecule has 2 atom stereocenters. The maximum absolute atomic E-state index is 13.1. The predicted octanol–water partition coefficient (Wildman–Crippen LogP) is 3.90. The van der Waals surface area contributed by atoms with Crippen molar-refractivity contribution in [3.8, 4) is 11.5 Å². The first kappa shape index (κ1) is 23.1. The van der Waals surface area contributed by atoms with E-state index in [4.69, 9.17) is 9.47 Å². The molecule has 0 aliphatic carbocycles. The molecule has 176 valence electrons. The van der Waals surface area contributed by atoms with Gasteiger partial charge in [0, 0.05) is 44.9 Å². The van der Waals surface area contributed by atoms with E-state index < -0.39 is 0 Å². The Bertz CT molecular complexity index is 916. The molecular weight excluding hydrogens is 423 g/mol. The number of carbonyl (C=O) groups is 2. The van der Waals surface area contributed by atoms with Crippen LogP contribution in [0.3, 0.4) is 0 Å². The minimum atomic E-state index is -0.352. The van der Waals surface area contributed by atoms with Crippen LogP contribution < -0.4 is 9.47 Å². The van der Waals surface area contributed by atoms with Crippen molar-refractivity contribution in [2.24, 2.45) is 5.92 Å². The van der Waals surface area contributed by atoms with Crippen LogP contribution in [0.2, 0.25) is 0 Å². The van der Waals surface area contributed by atoms with E-state index in [2.05, 4.69) is 0 Å². The summed E-state index contributed by atoms with van der Waals surface area (Å²) < 4.78 is 24.9. The van der Waals surface area contributed by atoms with Crippen LogP contribution >= 0.6 is 0 Å². The average molecular weight is 455 g/mol. The molecule has 0 N–H and O–H groups in total. The van der Waals surface area contributed by atoms with Gasteiger partial charge < -0.3 is 19.3 Å². The molecule has 0 unspecified atom stereocenters. The molecule has 2 aliphatic heterocycles. The van der Waals surface area contributed by atoms with Gasteiger partial charge >= 0.3 is 0 Å². The fraction of sp³-hybridized carbons (Fsp3) is 0.462. The van der Waals surface area contributed by atoms with Crippen LogP contribution in [0.5, 0.6) is 11.5 Å². The second kappa shape index (κ2) is 11.2. The molecular formula is C26H31FN2O4. The quantitative estimate of drug-likeness (QED) is 0.637. The van der Waals surface area contributed by atoms with Gasteiger partial charge in [-0.25, -0.2) is 4.39 Å². The van der Waals surface area contributed by atoms with E-state index in [1.54, 1.807) is 4.90 Å². The summed E-state index contributed by atoms with van der Waals surface area (Å²) in [5.41, 5.74) is 0. The first-order chi connectivity index (χ1) is 16.1. The molecule has 0 bridgehead atoms. The minimum Gasteiger partial charge on any atom is -0.490 e. The molecule has 0 saturated carbocycles. The van der Waals surface area contributed by atoms with Gasteiger partial charge in [0.1, 0.15) is 23.4 Å². The average Bonchev–Trinajstić information content (AvgIpc) is 2.85. The SMILES string of the molecule is O=C(C[C@H]1CN(C(=O)COc2ccc(F)cc2)CC[C@@H]1Oc1ccccc1)N1CCCCC1. The third-order valence-electron chi connectivity index (χ3n) is 6.37. The second-order valence-electron chi connectivity index (χ2n) is 8.75. The van der Waals surface area contributed by atoms with E-state index in [1.807, 2.05) is 35.2 Å². The summed E-state index contributed by atoms with van der Waals surface area (Å²) in [5, 5.41) is 0. The molecule has 2 aliphatic rings. The van der Waals surface area contributed by atoms with Gasteiger partial charge in [-0.05, 0) is 55.7 Å². The predicted molar refractivity (Wildman–Crippen MR) is 122 cm³/mol. The van der Waals surface area contributed by atoms with Crippen LogP contribution in [0, 0.1) is 11.7 Å². The Balaban J connectivity index is 1.39. The van der Waals surface area contributed by atoms with E-state index in [9.17, 15) is 14.0 Å². The number of hydrogen-bond acceptors (Lipinski definition) is 4. The van der Waals surface area contributed by atoms with Crippen molar-refractivity contribution in [1.82, 2.24) is 9.80 Å². The number of piperidine rings is 2. The lowest BCUT2D eigenvalue weighted by Gasteiger charge is -2.39.